The van der Waals surface area contributed by atoms with Crippen LogP contribution in [0, 0.1) is 23.2 Å². The molecule has 36 heavy (non-hydrogen) atoms. The molecule has 2 amide bonds. The van der Waals surface area contributed by atoms with E-state index >= 15 is 0 Å². The Kier molecular flexibility index (Phi) is 11.6. The van der Waals surface area contributed by atoms with Crippen LogP contribution >= 0.6 is 0 Å². The molecular weight excluding hydrogens is 454 g/mol. The van der Waals surface area contributed by atoms with Crippen molar-refractivity contribution >= 4 is 24.2 Å². The molecule has 0 aromatic heterocycles. The van der Waals surface area contributed by atoms with Crippen LogP contribution in [0.3, 0.4) is 0 Å². The van der Waals surface area contributed by atoms with Gasteiger partial charge in [-0.3, -0.25) is 14.4 Å². The van der Waals surface area contributed by atoms with Gasteiger partial charge in [0.1, 0.15) is 0 Å². The highest BCUT2D eigenvalue weighted by Gasteiger charge is 2.34. The summed E-state index contributed by atoms with van der Waals surface area (Å²) in [6.45, 7) is 10.5. The molecular formula is C28H37N5O3. The number of hydrogen-bond acceptors (Lipinski definition) is 7. The van der Waals surface area contributed by atoms with Crippen molar-refractivity contribution in [2.24, 2.45) is 11.8 Å². The zero-order chi connectivity index (χ0) is 26.5. The van der Waals surface area contributed by atoms with Crippen molar-refractivity contribution in [2.45, 2.75) is 51.5 Å². The third-order valence-electron chi connectivity index (χ3n) is 6.41. The van der Waals surface area contributed by atoms with E-state index in [0.29, 0.717) is 24.9 Å². The topological polar surface area (TPSA) is 114 Å². The quantitative estimate of drug-likeness (QED) is 0.196. The standard InChI is InChI=1S/C28H37N5O3/c1-20(17-26(35)33(19-34)30-4)28(36)27(25-7-5-6-8-25)32-22(3)15-16-31-21(2)9-10-23-11-13-24(18-29)14-12-23/h9-14,19-20,25,27,30-32H,2-3,5-8,15-17H2,1,4H3/b10-9+. The highest BCUT2D eigenvalue weighted by Crippen LogP contribution is 2.30. The summed E-state index contributed by atoms with van der Waals surface area (Å²) in [5.41, 5.74) is 5.59. The van der Waals surface area contributed by atoms with Crippen molar-refractivity contribution in [3.05, 3.63) is 66.0 Å². The first-order valence-corrected chi connectivity index (χ1v) is 12.3. The normalized spacial score (nSPS) is 15.0. The van der Waals surface area contributed by atoms with Crippen LogP contribution in [-0.2, 0) is 14.4 Å². The van der Waals surface area contributed by atoms with E-state index in [0.717, 1.165) is 47.6 Å². The van der Waals surface area contributed by atoms with Crippen molar-refractivity contribution in [2.75, 3.05) is 13.6 Å². The third kappa shape index (κ3) is 8.82. The molecule has 192 valence electrons. The fourth-order valence-corrected chi connectivity index (χ4v) is 4.31. The van der Waals surface area contributed by atoms with E-state index in [2.05, 4.69) is 35.3 Å². The summed E-state index contributed by atoms with van der Waals surface area (Å²) >= 11 is 0. The number of nitrogens with zero attached hydrogens (tertiary/aromatic N) is 2. The van der Waals surface area contributed by atoms with Gasteiger partial charge in [0, 0.05) is 43.7 Å². The average molecular weight is 492 g/mol. The van der Waals surface area contributed by atoms with E-state index in [1.165, 1.54) is 7.05 Å². The van der Waals surface area contributed by atoms with E-state index in [-0.39, 0.29) is 18.1 Å². The summed E-state index contributed by atoms with van der Waals surface area (Å²) in [6, 6.07) is 8.98. The molecule has 2 unspecified atom stereocenters. The number of rotatable bonds is 15. The minimum Gasteiger partial charge on any atom is -0.385 e. The van der Waals surface area contributed by atoms with E-state index in [1.807, 2.05) is 24.3 Å². The second-order valence-corrected chi connectivity index (χ2v) is 9.14. The number of Topliss-reactive ketones (excluding diaryl/α,β-unsaturated/α-hetero) is 1. The number of imide groups is 1. The zero-order valence-electron chi connectivity index (χ0n) is 21.3. The van der Waals surface area contributed by atoms with Gasteiger partial charge in [0.2, 0.25) is 12.3 Å². The smallest absolute Gasteiger partial charge is 0.244 e. The number of hydrogen-bond donors (Lipinski definition) is 3. The van der Waals surface area contributed by atoms with Crippen molar-refractivity contribution in [3.8, 4) is 6.07 Å². The Balaban J connectivity index is 1.88. The number of benzene rings is 1. The van der Waals surface area contributed by atoms with Crippen LogP contribution < -0.4 is 16.1 Å². The third-order valence-corrected chi connectivity index (χ3v) is 6.41. The van der Waals surface area contributed by atoms with Gasteiger partial charge in [-0.1, -0.05) is 51.1 Å². The Hall–Kier alpha value is -3.70. The number of nitrogens with one attached hydrogen (secondary N) is 3. The van der Waals surface area contributed by atoms with E-state index in [4.69, 9.17) is 5.26 Å². The Morgan fingerprint density at radius 1 is 1.22 bits per heavy atom. The number of allylic oxidation sites excluding steroid dienone is 1. The van der Waals surface area contributed by atoms with Gasteiger partial charge in [0.15, 0.2) is 5.78 Å². The Morgan fingerprint density at radius 2 is 1.89 bits per heavy atom. The molecule has 0 radical (unpaired) electrons. The van der Waals surface area contributed by atoms with E-state index in [9.17, 15) is 14.4 Å². The molecule has 1 aliphatic carbocycles. The maximum atomic E-state index is 13.3. The van der Waals surface area contributed by atoms with Crippen molar-refractivity contribution in [1.29, 1.82) is 5.26 Å². The molecule has 0 bridgehead atoms. The average Bonchev–Trinajstić information content (AvgIpc) is 3.41. The van der Waals surface area contributed by atoms with Gasteiger partial charge in [0.05, 0.1) is 17.7 Å². The van der Waals surface area contributed by atoms with Crippen molar-refractivity contribution in [1.82, 2.24) is 21.1 Å². The molecule has 1 aromatic rings. The second kappa shape index (κ2) is 14.6. The molecule has 1 saturated carbocycles. The highest BCUT2D eigenvalue weighted by molar-refractivity contribution is 5.93. The lowest BCUT2D eigenvalue weighted by Gasteiger charge is -2.28. The largest absolute Gasteiger partial charge is 0.385 e. The first kappa shape index (κ1) is 28.5. The summed E-state index contributed by atoms with van der Waals surface area (Å²) in [6.07, 6.45) is 8.86. The Labute approximate surface area is 214 Å². The van der Waals surface area contributed by atoms with Crippen LogP contribution in [0.15, 0.2) is 54.9 Å². The van der Waals surface area contributed by atoms with Crippen LogP contribution in [-0.4, -0.2) is 42.7 Å². The monoisotopic (exact) mass is 491 g/mol. The molecule has 0 heterocycles. The molecule has 2 atom stereocenters. The van der Waals surface area contributed by atoms with Crippen LogP contribution in [0.5, 0.6) is 0 Å². The Bertz CT molecular complexity index is 1000. The minimum atomic E-state index is -0.524. The fourth-order valence-electron chi connectivity index (χ4n) is 4.31. The minimum absolute atomic E-state index is 0.0268. The lowest BCUT2D eigenvalue weighted by Crippen LogP contribution is -2.46. The number of nitriles is 1. The molecule has 0 aliphatic heterocycles. The van der Waals surface area contributed by atoms with E-state index < -0.39 is 17.9 Å². The molecule has 1 aromatic carbocycles. The highest BCUT2D eigenvalue weighted by atomic mass is 16.2. The predicted octanol–water partition coefficient (Wildman–Crippen LogP) is 3.44. The van der Waals surface area contributed by atoms with Crippen LogP contribution in [0.1, 0.15) is 56.6 Å². The lowest BCUT2D eigenvalue weighted by molar-refractivity contribution is -0.143. The number of carbonyl (C=O) groups excluding carboxylic acids is 3. The van der Waals surface area contributed by atoms with Gasteiger partial charge in [-0.15, -0.1) is 0 Å². The number of amides is 2. The zero-order valence-corrected chi connectivity index (χ0v) is 21.3. The lowest BCUT2D eigenvalue weighted by atomic mass is 9.87. The maximum absolute atomic E-state index is 13.3. The number of hydrazine groups is 1. The van der Waals surface area contributed by atoms with Crippen molar-refractivity contribution in [3.63, 3.8) is 0 Å². The van der Waals surface area contributed by atoms with Gasteiger partial charge >= 0.3 is 0 Å². The van der Waals surface area contributed by atoms with Crippen LogP contribution in [0.4, 0.5) is 0 Å². The molecule has 8 heteroatoms. The van der Waals surface area contributed by atoms with Gasteiger partial charge in [-0.25, -0.2) is 10.4 Å². The molecule has 3 N–H and O–H groups in total. The summed E-state index contributed by atoms with van der Waals surface area (Å²) in [5, 5.41) is 16.3. The van der Waals surface area contributed by atoms with Gasteiger partial charge in [-0.05, 0) is 42.5 Å². The molecule has 0 saturated heterocycles. The van der Waals surface area contributed by atoms with Crippen LogP contribution in [0.2, 0.25) is 0 Å². The SMILES string of the molecule is C=C(/C=C/c1ccc(C#N)cc1)NCCC(=C)NC(C(=O)C(C)CC(=O)N(C=O)NC)C1CCCC1. The van der Waals surface area contributed by atoms with Gasteiger partial charge in [-0.2, -0.15) is 5.26 Å². The molecule has 8 nitrogen and oxygen atoms in total. The first-order chi connectivity index (χ1) is 17.3. The van der Waals surface area contributed by atoms with Gasteiger partial charge < -0.3 is 10.6 Å². The molecule has 1 fully saturated rings. The number of carbonyl (C=O) groups is 3. The predicted molar refractivity (Wildman–Crippen MR) is 141 cm³/mol. The second-order valence-electron chi connectivity index (χ2n) is 9.14. The van der Waals surface area contributed by atoms with Crippen LogP contribution in [0.25, 0.3) is 6.08 Å². The first-order valence-electron chi connectivity index (χ1n) is 12.3. The van der Waals surface area contributed by atoms with Crippen molar-refractivity contribution < 1.29 is 14.4 Å². The molecule has 1 aliphatic rings. The summed E-state index contributed by atoms with van der Waals surface area (Å²) < 4.78 is 0. The summed E-state index contributed by atoms with van der Waals surface area (Å²) in [4.78, 5) is 36.6. The van der Waals surface area contributed by atoms with E-state index in [1.54, 1.807) is 19.1 Å². The maximum Gasteiger partial charge on any atom is 0.244 e. The Morgan fingerprint density at radius 3 is 2.47 bits per heavy atom. The summed E-state index contributed by atoms with van der Waals surface area (Å²) in [7, 11) is 1.48. The fraction of sp³-hybridized carbons (Fsp3) is 0.429. The molecule has 0 spiro atoms. The summed E-state index contributed by atoms with van der Waals surface area (Å²) in [5.74, 6) is -0.781. The molecule has 2 rings (SSSR count). The van der Waals surface area contributed by atoms with Gasteiger partial charge in [0.25, 0.3) is 0 Å². The number of ketones is 1.